The Labute approximate surface area is 123 Å². The molecule has 1 saturated heterocycles. The average molecular weight is 285 g/mol. The third-order valence-electron chi connectivity index (χ3n) is 3.92. The predicted molar refractivity (Wildman–Crippen MR) is 80.2 cm³/mol. The molecule has 1 fully saturated rings. The summed E-state index contributed by atoms with van der Waals surface area (Å²) < 4.78 is 1.53. The Morgan fingerprint density at radius 1 is 1.10 bits per heavy atom. The van der Waals surface area contributed by atoms with Crippen LogP contribution in [0.25, 0.3) is 0 Å². The summed E-state index contributed by atoms with van der Waals surface area (Å²) in [6, 6.07) is 5.57. The summed E-state index contributed by atoms with van der Waals surface area (Å²) in [5, 5.41) is 10.1. The molecular formula is C16H19N3O2. The molecule has 110 valence electrons. The first kappa shape index (κ1) is 13.8. The second-order valence-corrected chi connectivity index (χ2v) is 5.46. The summed E-state index contributed by atoms with van der Waals surface area (Å²) in [4.78, 5) is 18.5. The monoisotopic (exact) mass is 285 g/mol. The van der Waals surface area contributed by atoms with Gasteiger partial charge in [-0.1, -0.05) is 0 Å². The number of aromatic hydroxyl groups is 1. The first-order valence-corrected chi connectivity index (χ1v) is 7.26. The van der Waals surface area contributed by atoms with Crippen LogP contribution < -0.4 is 5.56 Å². The van der Waals surface area contributed by atoms with Crippen molar-refractivity contribution in [2.24, 2.45) is 0 Å². The van der Waals surface area contributed by atoms with E-state index < -0.39 is 0 Å². The topological polar surface area (TPSA) is 58.4 Å². The zero-order valence-corrected chi connectivity index (χ0v) is 11.9. The molecule has 0 spiro atoms. The van der Waals surface area contributed by atoms with Gasteiger partial charge in [0.1, 0.15) is 0 Å². The number of nitrogens with zero attached hydrogens (tertiary/aromatic N) is 3. The molecule has 1 N–H and O–H groups in total. The van der Waals surface area contributed by atoms with Crippen LogP contribution in [-0.2, 0) is 13.1 Å². The van der Waals surface area contributed by atoms with Crippen molar-refractivity contribution in [3.63, 3.8) is 0 Å². The van der Waals surface area contributed by atoms with Crippen molar-refractivity contribution in [1.82, 2.24) is 14.5 Å². The maximum Gasteiger partial charge on any atom is 0.293 e. The zero-order chi connectivity index (χ0) is 14.7. The van der Waals surface area contributed by atoms with Gasteiger partial charge in [-0.25, -0.2) is 0 Å². The van der Waals surface area contributed by atoms with Gasteiger partial charge in [0.25, 0.3) is 5.56 Å². The van der Waals surface area contributed by atoms with E-state index in [2.05, 4.69) is 9.88 Å². The van der Waals surface area contributed by atoms with Crippen molar-refractivity contribution in [3.05, 3.63) is 58.3 Å². The number of pyridine rings is 2. The number of rotatable bonds is 4. The molecule has 0 atom stereocenters. The largest absolute Gasteiger partial charge is 0.503 e. The molecule has 0 radical (unpaired) electrons. The molecule has 1 aliphatic rings. The lowest BCUT2D eigenvalue weighted by atomic mass is 10.2. The third-order valence-corrected chi connectivity index (χ3v) is 3.92. The van der Waals surface area contributed by atoms with Gasteiger partial charge in [-0.15, -0.1) is 0 Å². The standard InChI is InChI=1S/C16H19N3O2/c20-15-14(12-18-8-1-2-9-18)5-10-19(16(15)21)11-13-3-6-17-7-4-13/h3-7,10,20H,1-2,8-9,11-12H2. The normalized spacial score (nSPS) is 15.4. The molecule has 2 aromatic rings. The Balaban J connectivity index is 1.81. The minimum Gasteiger partial charge on any atom is -0.503 e. The van der Waals surface area contributed by atoms with Gasteiger partial charge in [0.2, 0.25) is 0 Å². The van der Waals surface area contributed by atoms with Crippen LogP contribution in [-0.4, -0.2) is 32.6 Å². The molecule has 3 heterocycles. The molecule has 5 nitrogen and oxygen atoms in total. The fourth-order valence-electron chi connectivity index (χ4n) is 2.72. The summed E-state index contributed by atoms with van der Waals surface area (Å²) in [5.41, 5.74) is 1.37. The third kappa shape index (κ3) is 3.13. The van der Waals surface area contributed by atoms with Crippen molar-refractivity contribution in [2.45, 2.75) is 25.9 Å². The van der Waals surface area contributed by atoms with Gasteiger partial charge in [-0.3, -0.25) is 14.7 Å². The Hall–Kier alpha value is -2.14. The van der Waals surface area contributed by atoms with Crippen LogP contribution in [0.3, 0.4) is 0 Å². The van der Waals surface area contributed by atoms with Crippen LogP contribution >= 0.6 is 0 Å². The fourth-order valence-corrected chi connectivity index (χ4v) is 2.72. The first-order valence-electron chi connectivity index (χ1n) is 7.26. The number of aromatic nitrogens is 2. The summed E-state index contributed by atoms with van der Waals surface area (Å²) in [6.45, 7) is 3.18. The highest BCUT2D eigenvalue weighted by Gasteiger charge is 2.16. The van der Waals surface area contributed by atoms with Crippen molar-refractivity contribution in [3.8, 4) is 5.75 Å². The van der Waals surface area contributed by atoms with Gasteiger partial charge in [0, 0.05) is 30.7 Å². The van der Waals surface area contributed by atoms with Gasteiger partial charge in [-0.05, 0) is 49.7 Å². The molecule has 1 aliphatic heterocycles. The van der Waals surface area contributed by atoms with E-state index >= 15 is 0 Å². The van der Waals surface area contributed by atoms with E-state index in [9.17, 15) is 9.90 Å². The first-order chi connectivity index (χ1) is 10.2. The van der Waals surface area contributed by atoms with E-state index in [0.29, 0.717) is 18.7 Å². The number of likely N-dealkylation sites (tertiary alicyclic amines) is 1. The molecule has 0 saturated carbocycles. The van der Waals surface area contributed by atoms with Gasteiger partial charge >= 0.3 is 0 Å². The van der Waals surface area contributed by atoms with E-state index in [1.54, 1.807) is 18.6 Å². The maximum absolute atomic E-state index is 12.2. The van der Waals surface area contributed by atoms with Gasteiger partial charge in [0.05, 0.1) is 6.54 Å². The Bertz CT molecular complexity index is 661. The van der Waals surface area contributed by atoms with E-state index in [1.165, 1.54) is 17.4 Å². The van der Waals surface area contributed by atoms with Crippen LogP contribution in [0, 0.1) is 0 Å². The minimum absolute atomic E-state index is 0.126. The van der Waals surface area contributed by atoms with Crippen LogP contribution in [0.15, 0.2) is 41.6 Å². The Morgan fingerprint density at radius 3 is 2.52 bits per heavy atom. The van der Waals surface area contributed by atoms with Crippen LogP contribution in [0.2, 0.25) is 0 Å². The highest BCUT2D eigenvalue weighted by atomic mass is 16.3. The van der Waals surface area contributed by atoms with Gasteiger partial charge in [-0.2, -0.15) is 0 Å². The fraction of sp³-hybridized carbons (Fsp3) is 0.375. The Kier molecular flexibility index (Phi) is 4.01. The highest BCUT2D eigenvalue weighted by Crippen LogP contribution is 2.17. The lowest BCUT2D eigenvalue weighted by molar-refractivity contribution is 0.322. The van der Waals surface area contributed by atoms with Crippen molar-refractivity contribution in [1.29, 1.82) is 0 Å². The van der Waals surface area contributed by atoms with Crippen molar-refractivity contribution < 1.29 is 5.11 Å². The summed E-state index contributed by atoms with van der Waals surface area (Å²) in [7, 11) is 0. The quantitative estimate of drug-likeness (QED) is 0.927. The molecule has 0 aliphatic carbocycles. The molecule has 0 aromatic carbocycles. The smallest absolute Gasteiger partial charge is 0.293 e. The molecule has 0 unspecified atom stereocenters. The van der Waals surface area contributed by atoms with Crippen LogP contribution in [0.1, 0.15) is 24.0 Å². The second kappa shape index (κ2) is 6.10. The zero-order valence-electron chi connectivity index (χ0n) is 11.9. The Morgan fingerprint density at radius 2 is 1.81 bits per heavy atom. The lowest BCUT2D eigenvalue weighted by Gasteiger charge is -2.16. The summed E-state index contributed by atoms with van der Waals surface area (Å²) in [5.74, 6) is -0.126. The molecule has 0 amide bonds. The summed E-state index contributed by atoms with van der Waals surface area (Å²) in [6.07, 6.45) is 7.54. The van der Waals surface area contributed by atoms with Gasteiger partial charge in [0.15, 0.2) is 5.75 Å². The van der Waals surface area contributed by atoms with Crippen LogP contribution in [0.4, 0.5) is 0 Å². The number of hydrogen-bond donors (Lipinski definition) is 1. The SMILES string of the molecule is O=c1c(O)c(CN2CCCC2)ccn1Cc1ccncc1. The number of hydrogen-bond acceptors (Lipinski definition) is 4. The molecular weight excluding hydrogens is 266 g/mol. The van der Waals surface area contributed by atoms with Crippen molar-refractivity contribution >= 4 is 0 Å². The van der Waals surface area contributed by atoms with E-state index in [1.807, 2.05) is 18.2 Å². The van der Waals surface area contributed by atoms with Crippen LogP contribution in [0.5, 0.6) is 5.75 Å². The van der Waals surface area contributed by atoms with E-state index in [4.69, 9.17) is 0 Å². The molecule has 0 bridgehead atoms. The molecule has 3 rings (SSSR count). The molecule has 21 heavy (non-hydrogen) atoms. The second-order valence-electron chi connectivity index (χ2n) is 5.46. The minimum atomic E-state index is -0.330. The average Bonchev–Trinajstić information content (AvgIpc) is 3.01. The van der Waals surface area contributed by atoms with E-state index in [-0.39, 0.29) is 11.3 Å². The summed E-state index contributed by atoms with van der Waals surface area (Å²) >= 11 is 0. The molecule has 2 aromatic heterocycles. The highest BCUT2D eigenvalue weighted by molar-refractivity contribution is 5.29. The van der Waals surface area contributed by atoms with Crippen molar-refractivity contribution in [2.75, 3.05) is 13.1 Å². The lowest BCUT2D eigenvalue weighted by Crippen LogP contribution is -2.24. The maximum atomic E-state index is 12.2. The molecule has 5 heteroatoms. The van der Waals surface area contributed by atoms with E-state index in [0.717, 1.165) is 18.7 Å². The van der Waals surface area contributed by atoms with Gasteiger partial charge < -0.3 is 9.67 Å². The predicted octanol–water partition coefficient (Wildman–Crippen LogP) is 1.59.